The molecule has 1 heterocycles. The van der Waals surface area contributed by atoms with Crippen LogP contribution in [0.5, 0.6) is 0 Å². The van der Waals surface area contributed by atoms with E-state index in [1.807, 2.05) is 36.4 Å². The zero-order valence-electron chi connectivity index (χ0n) is 11.2. The van der Waals surface area contributed by atoms with Crippen molar-refractivity contribution in [3.05, 3.63) is 47.3 Å². The molecule has 1 aromatic heterocycles. The van der Waals surface area contributed by atoms with Crippen molar-refractivity contribution in [2.45, 2.75) is 6.92 Å². The molecule has 0 amide bonds. The van der Waals surface area contributed by atoms with Crippen molar-refractivity contribution in [3.63, 3.8) is 0 Å². The van der Waals surface area contributed by atoms with Crippen LogP contribution in [-0.4, -0.2) is 9.97 Å². The van der Waals surface area contributed by atoms with Gasteiger partial charge in [0.25, 0.3) is 0 Å². The van der Waals surface area contributed by atoms with Crippen molar-refractivity contribution < 1.29 is 0 Å². The first kappa shape index (κ1) is 11.6. The molecule has 0 bridgehead atoms. The maximum Gasteiger partial charge on any atom is 0.177 e. The third-order valence-electron chi connectivity index (χ3n) is 3.88. The Morgan fingerprint density at radius 2 is 1.48 bits per heavy atom. The van der Waals surface area contributed by atoms with Gasteiger partial charge in [-0.3, -0.25) is 0 Å². The Morgan fingerprint density at radius 1 is 0.857 bits per heavy atom. The van der Waals surface area contributed by atoms with Gasteiger partial charge in [-0.2, -0.15) is 10.5 Å². The number of aromatic nitrogens is 2. The van der Waals surface area contributed by atoms with Gasteiger partial charge in [0.1, 0.15) is 12.1 Å². The van der Waals surface area contributed by atoms with Gasteiger partial charge in [-0.25, -0.2) is 9.97 Å². The predicted octanol–water partition coefficient (Wildman–Crippen LogP) is 3.33. The summed E-state index contributed by atoms with van der Waals surface area (Å²) < 4.78 is 0. The molecule has 4 nitrogen and oxygen atoms in total. The smallest absolute Gasteiger partial charge is 0.177 e. The summed E-state index contributed by atoms with van der Waals surface area (Å²) in [5.41, 5.74) is 4.69. The molecule has 0 saturated carbocycles. The molecule has 3 aromatic rings. The highest BCUT2D eigenvalue weighted by Gasteiger charge is 2.26. The maximum absolute atomic E-state index is 9.13. The Hall–Kier alpha value is -3.24. The van der Waals surface area contributed by atoms with E-state index in [0.29, 0.717) is 11.4 Å². The van der Waals surface area contributed by atoms with Gasteiger partial charge >= 0.3 is 0 Å². The molecule has 0 spiro atoms. The summed E-state index contributed by atoms with van der Waals surface area (Å²) in [6, 6.07) is 14.0. The highest BCUT2D eigenvalue weighted by Crippen LogP contribution is 2.45. The van der Waals surface area contributed by atoms with Gasteiger partial charge in [0.15, 0.2) is 11.4 Å². The van der Waals surface area contributed by atoms with E-state index >= 15 is 0 Å². The van der Waals surface area contributed by atoms with Gasteiger partial charge in [-0.1, -0.05) is 30.3 Å². The van der Waals surface area contributed by atoms with Gasteiger partial charge in [0.2, 0.25) is 0 Å². The quantitative estimate of drug-likeness (QED) is 0.490. The van der Waals surface area contributed by atoms with Gasteiger partial charge in [0, 0.05) is 16.5 Å². The molecular formula is C17H8N4. The second-order valence-corrected chi connectivity index (χ2v) is 5.00. The Labute approximate surface area is 120 Å². The molecule has 4 heteroatoms. The van der Waals surface area contributed by atoms with Gasteiger partial charge in [-0.15, -0.1) is 0 Å². The lowest BCUT2D eigenvalue weighted by atomic mass is 10.0. The molecule has 2 aromatic carbocycles. The van der Waals surface area contributed by atoms with Crippen LogP contribution in [-0.2, 0) is 0 Å². The molecular weight excluding hydrogens is 260 g/mol. The van der Waals surface area contributed by atoms with Crippen molar-refractivity contribution in [2.24, 2.45) is 0 Å². The summed E-state index contributed by atoms with van der Waals surface area (Å²) in [7, 11) is 0. The fraction of sp³-hybridized carbons (Fsp3) is 0.0588. The fourth-order valence-electron chi connectivity index (χ4n) is 2.91. The fourth-order valence-corrected chi connectivity index (χ4v) is 2.91. The third-order valence-corrected chi connectivity index (χ3v) is 3.88. The second kappa shape index (κ2) is 3.88. The monoisotopic (exact) mass is 268 g/mol. The number of nitriles is 2. The summed E-state index contributed by atoms with van der Waals surface area (Å²) in [5.74, 6) is 0. The maximum atomic E-state index is 9.13. The summed E-state index contributed by atoms with van der Waals surface area (Å²) in [6.07, 6.45) is 0. The number of hydrogen-bond donors (Lipinski definition) is 0. The van der Waals surface area contributed by atoms with E-state index in [-0.39, 0.29) is 11.4 Å². The van der Waals surface area contributed by atoms with Crippen molar-refractivity contribution in [2.75, 3.05) is 0 Å². The number of nitrogens with zero attached hydrogens (tertiary/aromatic N) is 4. The van der Waals surface area contributed by atoms with Crippen LogP contribution in [0.1, 0.15) is 17.0 Å². The molecule has 0 aliphatic heterocycles. The second-order valence-electron chi connectivity index (χ2n) is 5.00. The summed E-state index contributed by atoms with van der Waals surface area (Å²) in [6.45, 7) is 2.06. The van der Waals surface area contributed by atoms with Crippen molar-refractivity contribution in [3.8, 4) is 34.7 Å². The largest absolute Gasteiger partial charge is 0.232 e. The molecule has 0 atom stereocenters. The summed E-state index contributed by atoms with van der Waals surface area (Å²) >= 11 is 0. The normalized spacial score (nSPS) is 11.0. The van der Waals surface area contributed by atoms with Crippen LogP contribution in [0.25, 0.3) is 33.3 Å². The van der Waals surface area contributed by atoms with Gasteiger partial charge in [0.05, 0.1) is 11.4 Å². The van der Waals surface area contributed by atoms with Crippen molar-refractivity contribution in [1.82, 2.24) is 9.97 Å². The zero-order valence-corrected chi connectivity index (χ0v) is 11.2. The van der Waals surface area contributed by atoms with Crippen LogP contribution in [0, 0.1) is 29.6 Å². The average Bonchev–Trinajstić information content (AvgIpc) is 2.84. The van der Waals surface area contributed by atoms with Crippen LogP contribution in [0.4, 0.5) is 0 Å². The van der Waals surface area contributed by atoms with E-state index in [9.17, 15) is 0 Å². The molecule has 0 saturated heterocycles. The van der Waals surface area contributed by atoms with Crippen molar-refractivity contribution >= 4 is 10.8 Å². The van der Waals surface area contributed by atoms with E-state index in [1.54, 1.807) is 0 Å². The minimum Gasteiger partial charge on any atom is -0.232 e. The lowest BCUT2D eigenvalue weighted by molar-refractivity contribution is 1.15. The average molecular weight is 268 g/mol. The summed E-state index contributed by atoms with van der Waals surface area (Å²) in [5, 5.41) is 20.5. The lowest BCUT2D eigenvalue weighted by Gasteiger charge is -2.04. The third kappa shape index (κ3) is 1.36. The van der Waals surface area contributed by atoms with Gasteiger partial charge in [-0.05, 0) is 17.9 Å². The lowest BCUT2D eigenvalue weighted by Crippen LogP contribution is -1.97. The van der Waals surface area contributed by atoms with E-state index in [2.05, 4.69) is 23.0 Å². The van der Waals surface area contributed by atoms with Crippen LogP contribution in [0.3, 0.4) is 0 Å². The Morgan fingerprint density at radius 3 is 2.10 bits per heavy atom. The molecule has 0 N–H and O–H groups in total. The molecule has 1 aliphatic carbocycles. The highest BCUT2D eigenvalue weighted by atomic mass is 14.9. The van der Waals surface area contributed by atoms with Crippen LogP contribution >= 0.6 is 0 Å². The van der Waals surface area contributed by atoms with Gasteiger partial charge < -0.3 is 0 Å². The van der Waals surface area contributed by atoms with Crippen molar-refractivity contribution in [1.29, 1.82) is 10.5 Å². The summed E-state index contributed by atoms with van der Waals surface area (Å²) in [4.78, 5) is 8.73. The predicted molar refractivity (Wildman–Crippen MR) is 78.1 cm³/mol. The highest BCUT2D eigenvalue weighted by molar-refractivity contribution is 6.14. The SMILES string of the molecule is Cc1ccc2c3c(cccc13)-c1nc(C#N)c(C#N)nc1-2. The van der Waals surface area contributed by atoms with E-state index in [1.165, 1.54) is 5.56 Å². The first-order valence-electron chi connectivity index (χ1n) is 6.50. The molecule has 96 valence electrons. The number of fused-ring (bicyclic) bond motifs is 3. The molecule has 21 heavy (non-hydrogen) atoms. The molecule has 4 rings (SSSR count). The first-order valence-corrected chi connectivity index (χ1v) is 6.50. The molecule has 0 unspecified atom stereocenters. The number of aryl methyl sites for hydroxylation is 1. The van der Waals surface area contributed by atoms with E-state index < -0.39 is 0 Å². The number of rotatable bonds is 0. The molecule has 0 fully saturated rings. The number of benzene rings is 2. The standard InChI is InChI=1S/C17H8N4/c1-9-5-6-12-15-10(9)3-2-4-11(15)16-17(12)21-14(8-19)13(7-18)20-16/h2-6H,1H3. The van der Waals surface area contributed by atoms with Crippen LogP contribution in [0.2, 0.25) is 0 Å². The van der Waals surface area contributed by atoms with E-state index in [4.69, 9.17) is 10.5 Å². The Kier molecular flexibility index (Phi) is 2.14. The minimum atomic E-state index is 0.0813. The molecule has 0 radical (unpaired) electrons. The minimum absolute atomic E-state index is 0.0813. The number of hydrogen-bond acceptors (Lipinski definition) is 4. The zero-order chi connectivity index (χ0) is 14.6. The Bertz CT molecular complexity index is 972. The van der Waals surface area contributed by atoms with Crippen LogP contribution < -0.4 is 0 Å². The van der Waals surface area contributed by atoms with E-state index in [0.717, 1.165) is 21.9 Å². The Balaban J connectivity index is 2.20. The van der Waals surface area contributed by atoms with Crippen LogP contribution in [0.15, 0.2) is 30.3 Å². The first-order chi connectivity index (χ1) is 10.2. The molecule has 1 aliphatic rings. The topological polar surface area (TPSA) is 73.4 Å².